The molecule has 0 spiro atoms. The van der Waals surface area contributed by atoms with Crippen molar-refractivity contribution in [3.8, 4) is 0 Å². The first-order chi connectivity index (χ1) is 7.27. The molecule has 1 heterocycles. The van der Waals surface area contributed by atoms with Gasteiger partial charge in [0, 0.05) is 12.8 Å². The third-order valence-corrected chi connectivity index (χ3v) is 3.05. The molecule has 2 N–H and O–H groups in total. The van der Waals surface area contributed by atoms with Crippen LogP contribution in [-0.2, 0) is 0 Å². The van der Waals surface area contributed by atoms with Crippen molar-refractivity contribution < 1.29 is 14.6 Å². The second-order valence-electron chi connectivity index (χ2n) is 5.60. The van der Waals surface area contributed by atoms with Gasteiger partial charge in [0.2, 0.25) is 0 Å². The number of nitrogens with zero attached hydrogens (tertiary/aromatic N) is 2. The zero-order chi connectivity index (χ0) is 12.4. The molecule has 0 saturated carbocycles. The van der Waals surface area contributed by atoms with Gasteiger partial charge in [0.1, 0.15) is 13.1 Å². The second-order valence-corrected chi connectivity index (χ2v) is 5.60. The lowest BCUT2D eigenvalue weighted by molar-refractivity contribution is -1.04. The number of amides is 1. The minimum atomic E-state index is -1.18. The average Bonchev–Trinajstić information content (AvgIpc) is 2.26. The molecule has 1 aliphatic rings. The van der Waals surface area contributed by atoms with Crippen molar-refractivity contribution >= 4 is 6.09 Å². The van der Waals surface area contributed by atoms with Crippen LogP contribution in [0.25, 0.3) is 0 Å². The van der Waals surface area contributed by atoms with E-state index < -0.39 is 11.6 Å². The summed E-state index contributed by atoms with van der Waals surface area (Å²) >= 11 is 0. The maximum atomic E-state index is 11.3. The van der Waals surface area contributed by atoms with Crippen molar-refractivity contribution in [3.63, 3.8) is 0 Å². The third kappa shape index (κ3) is 2.86. The van der Waals surface area contributed by atoms with Gasteiger partial charge >= 0.3 is 0 Å². The van der Waals surface area contributed by atoms with E-state index in [0.29, 0.717) is 13.1 Å². The highest BCUT2D eigenvalue weighted by atomic mass is 16.4. The quantitative estimate of drug-likeness (QED) is 0.529. The molecule has 5 heteroatoms. The van der Waals surface area contributed by atoms with Crippen LogP contribution in [-0.4, -0.2) is 34.4 Å². The van der Waals surface area contributed by atoms with Crippen LogP contribution in [0.5, 0.6) is 0 Å². The molecular weight excluding hydrogens is 206 g/mol. The summed E-state index contributed by atoms with van der Waals surface area (Å²) in [5.74, 6) is 6.23. The maximum absolute atomic E-state index is 11.3. The minimum Gasteiger partial charge on any atom is -0.526 e. The molecule has 94 valence electrons. The topological polar surface area (TPSA) is 69.4 Å². The summed E-state index contributed by atoms with van der Waals surface area (Å²) in [6, 6.07) is 0. The standard InChI is InChI=1S/C11H23N3O2/c1-11(2,3)13(10(15)16)14(12)8-6-4-5-7-9-14/h4-9,12H2,1-3H3. The molecule has 0 aromatic rings. The van der Waals surface area contributed by atoms with Gasteiger partial charge in [0.25, 0.3) is 0 Å². The van der Waals surface area contributed by atoms with Gasteiger partial charge in [-0.15, -0.1) is 4.70 Å². The molecular formula is C11H23N3O2. The molecule has 0 aromatic heterocycles. The van der Waals surface area contributed by atoms with E-state index in [-0.39, 0.29) is 4.70 Å². The number of hydrogen-bond acceptors (Lipinski definition) is 3. The Hall–Kier alpha value is -0.810. The summed E-state index contributed by atoms with van der Waals surface area (Å²) in [4.78, 5) is 11.3. The Morgan fingerprint density at radius 3 is 1.94 bits per heavy atom. The van der Waals surface area contributed by atoms with E-state index in [1.807, 2.05) is 20.8 Å². The lowest BCUT2D eigenvalue weighted by atomic mass is 10.1. The SMILES string of the molecule is CC(C)(C)N(C(=O)[O-])[N+]1(N)CCCCCC1. The highest BCUT2D eigenvalue weighted by Gasteiger charge is 2.40. The Kier molecular flexibility index (Phi) is 3.80. The van der Waals surface area contributed by atoms with E-state index in [1.165, 1.54) is 5.01 Å². The summed E-state index contributed by atoms with van der Waals surface area (Å²) < 4.78 is -0.0220. The summed E-state index contributed by atoms with van der Waals surface area (Å²) in [7, 11) is 0. The maximum Gasteiger partial charge on any atom is 0.191 e. The number of carboxylic acid groups (broad SMARTS) is 1. The molecule has 0 atom stereocenters. The Labute approximate surface area is 97.3 Å². The van der Waals surface area contributed by atoms with Crippen molar-refractivity contribution in [2.75, 3.05) is 13.1 Å². The van der Waals surface area contributed by atoms with Crippen LogP contribution in [0.3, 0.4) is 0 Å². The average molecular weight is 229 g/mol. The van der Waals surface area contributed by atoms with E-state index in [9.17, 15) is 9.90 Å². The highest BCUT2D eigenvalue weighted by Crippen LogP contribution is 2.24. The largest absolute Gasteiger partial charge is 0.526 e. The zero-order valence-corrected chi connectivity index (χ0v) is 10.5. The second kappa shape index (κ2) is 4.59. The molecule has 0 unspecified atom stereocenters. The van der Waals surface area contributed by atoms with Gasteiger partial charge in [-0.3, -0.25) is 0 Å². The van der Waals surface area contributed by atoms with E-state index in [2.05, 4.69) is 0 Å². The number of carbonyl (C=O) groups is 1. The Morgan fingerprint density at radius 2 is 1.62 bits per heavy atom. The van der Waals surface area contributed by atoms with Gasteiger partial charge in [0.05, 0.1) is 5.54 Å². The van der Waals surface area contributed by atoms with Gasteiger partial charge in [-0.1, -0.05) is 0 Å². The van der Waals surface area contributed by atoms with E-state index in [1.54, 1.807) is 0 Å². The molecule has 5 nitrogen and oxygen atoms in total. The third-order valence-electron chi connectivity index (χ3n) is 3.05. The number of nitrogens with two attached hydrogens (primary N) is 1. The number of carbonyl (C=O) groups excluding carboxylic acids is 1. The fourth-order valence-corrected chi connectivity index (χ4v) is 2.47. The van der Waals surface area contributed by atoms with Gasteiger partial charge < -0.3 is 9.90 Å². The molecule has 0 bridgehead atoms. The Balaban J connectivity index is 2.95. The first kappa shape index (κ1) is 13.3. The summed E-state index contributed by atoms with van der Waals surface area (Å²) in [6.45, 7) is 6.89. The van der Waals surface area contributed by atoms with Gasteiger partial charge in [-0.05, 0) is 33.6 Å². The van der Waals surface area contributed by atoms with Crippen molar-refractivity contribution in [3.05, 3.63) is 0 Å². The summed E-state index contributed by atoms with van der Waals surface area (Å²) in [5.41, 5.74) is -0.530. The first-order valence-electron chi connectivity index (χ1n) is 5.95. The van der Waals surface area contributed by atoms with E-state index >= 15 is 0 Å². The molecule has 16 heavy (non-hydrogen) atoms. The van der Waals surface area contributed by atoms with E-state index in [0.717, 1.165) is 25.7 Å². The lowest BCUT2D eigenvalue weighted by Crippen LogP contribution is -2.74. The van der Waals surface area contributed by atoms with Crippen LogP contribution in [0.15, 0.2) is 0 Å². The van der Waals surface area contributed by atoms with Crippen molar-refractivity contribution in [1.82, 2.24) is 5.01 Å². The predicted octanol–water partition coefficient (Wildman–Crippen LogP) is 0.610. The summed E-state index contributed by atoms with van der Waals surface area (Å²) in [5, 5.41) is 12.6. The number of quaternary nitrogens is 1. The monoisotopic (exact) mass is 229 g/mol. The van der Waals surface area contributed by atoms with Crippen LogP contribution in [0, 0.1) is 0 Å². The van der Waals surface area contributed by atoms with Crippen molar-refractivity contribution in [2.45, 2.75) is 52.0 Å². The van der Waals surface area contributed by atoms with Crippen LogP contribution < -0.4 is 10.9 Å². The zero-order valence-electron chi connectivity index (χ0n) is 10.5. The highest BCUT2D eigenvalue weighted by molar-refractivity contribution is 5.61. The van der Waals surface area contributed by atoms with Crippen LogP contribution in [0.2, 0.25) is 0 Å². The Bertz CT molecular complexity index is 252. The molecule has 1 aliphatic heterocycles. The number of rotatable bonds is 1. The van der Waals surface area contributed by atoms with Gasteiger partial charge in [-0.25, -0.2) is 0 Å². The summed E-state index contributed by atoms with van der Waals surface area (Å²) in [6.07, 6.45) is 3.01. The van der Waals surface area contributed by atoms with Crippen LogP contribution in [0.4, 0.5) is 4.79 Å². The molecule has 1 amide bonds. The van der Waals surface area contributed by atoms with Crippen molar-refractivity contribution in [2.24, 2.45) is 5.84 Å². The molecule has 1 saturated heterocycles. The molecule has 0 radical (unpaired) electrons. The normalized spacial score (nSPS) is 21.2. The first-order valence-corrected chi connectivity index (χ1v) is 5.95. The predicted molar refractivity (Wildman–Crippen MR) is 59.6 cm³/mol. The molecule has 1 fully saturated rings. The fourth-order valence-electron chi connectivity index (χ4n) is 2.47. The van der Waals surface area contributed by atoms with E-state index in [4.69, 9.17) is 5.84 Å². The Morgan fingerprint density at radius 1 is 1.19 bits per heavy atom. The smallest absolute Gasteiger partial charge is 0.191 e. The van der Waals surface area contributed by atoms with Crippen molar-refractivity contribution in [1.29, 1.82) is 0 Å². The lowest BCUT2D eigenvalue weighted by Gasteiger charge is -2.48. The minimum absolute atomic E-state index is 0.0220. The molecule has 1 rings (SSSR count). The number of hydrogen-bond donors (Lipinski definition) is 1. The fraction of sp³-hybridized carbons (Fsp3) is 0.909. The molecule has 0 aliphatic carbocycles. The van der Waals surface area contributed by atoms with Crippen LogP contribution >= 0.6 is 0 Å². The van der Waals surface area contributed by atoms with Gasteiger partial charge in [-0.2, -0.15) is 10.9 Å². The molecule has 0 aromatic carbocycles. The van der Waals surface area contributed by atoms with Crippen LogP contribution in [0.1, 0.15) is 46.5 Å². The van der Waals surface area contributed by atoms with Gasteiger partial charge in [0.15, 0.2) is 6.09 Å².